The number of esters is 1. The molecule has 1 amide bonds. The highest BCUT2D eigenvalue weighted by Gasteiger charge is 2.38. The van der Waals surface area contributed by atoms with E-state index in [1.807, 2.05) is 71.4 Å². The molecule has 0 saturated heterocycles. The van der Waals surface area contributed by atoms with Gasteiger partial charge < -0.3 is 15.5 Å². The zero-order valence-electron chi connectivity index (χ0n) is 19.8. The van der Waals surface area contributed by atoms with E-state index >= 15 is 0 Å². The monoisotopic (exact) mass is 499 g/mol. The average Bonchev–Trinajstić information content (AvgIpc) is 3.36. The van der Waals surface area contributed by atoms with E-state index in [1.165, 1.54) is 18.9 Å². The number of thioether (sulfide) groups is 1. The third-order valence-electron chi connectivity index (χ3n) is 6.07. The van der Waals surface area contributed by atoms with E-state index in [1.54, 1.807) is 12.1 Å². The predicted molar refractivity (Wildman–Crippen MR) is 139 cm³/mol. The second-order valence-electron chi connectivity index (χ2n) is 8.27. The van der Waals surface area contributed by atoms with Gasteiger partial charge in [-0.3, -0.25) is 4.79 Å². The Morgan fingerprint density at radius 2 is 1.72 bits per heavy atom. The summed E-state index contributed by atoms with van der Waals surface area (Å²) in [5.41, 5.74) is 7.51. The van der Waals surface area contributed by atoms with E-state index < -0.39 is 17.3 Å². The Bertz CT molecular complexity index is 1390. The lowest BCUT2D eigenvalue weighted by molar-refractivity contribution is -0.116. The third-order valence-corrected chi connectivity index (χ3v) is 7.29. The number of hydrogen-bond acceptors (Lipinski definition) is 7. The van der Waals surface area contributed by atoms with Gasteiger partial charge in [0.05, 0.1) is 18.7 Å². The largest absolute Gasteiger partial charge is 0.465 e. The quantitative estimate of drug-likeness (QED) is 0.371. The number of nitrogens with zero attached hydrogens (tertiary/aromatic N) is 3. The Kier molecular flexibility index (Phi) is 6.73. The lowest BCUT2D eigenvalue weighted by Crippen LogP contribution is -2.41. The van der Waals surface area contributed by atoms with Crippen molar-refractivity contribution in [3.8, 4) is 11.4 Å². The third kappa shape index (κ3) is 4.57. The highest BCUT2D eigenvalue weighted by Crippen LogP contribution is 2.39. The highest BCUT2D eigenvalue weighted by molar-refractivity contribution is 8.00. The maximum Gasteiger partial charge on any atom is 0.337 e. The summed E-state index contributed by atoms with van der Waals surface area (Å²) in [5.74, 6) is 0.0980. The number of carbonyl (C=O) groups excluding carboxylic acids is 2. The Hall–Kier alpha value is -4.11. The molecule has 182 valence electrons. The van der Waals surface area contributed by atoms with Gasteiger partial charge in [0.1, 0.15) is 5.25 Å². The molecule has 1 aliphatic heterocycles. The number of benzene rings is 3. The summed E-state index contributed by atoms with van der Waals surface area (Å²) in [6, 6.07) is 24.2. The van der Waals surface area contributed by atoms with Crippen LogP contribution in [0.3, 0.4) is 0 Å². The minimum absolute atomic E-state index is 0.147. The molecule has 0 bridgehead atoms. The van der Waals surface area contributed by atoms with E-state index in [9.17, 15) is 9.59 Å². The maximum absolute atomic E-state index is 13.6. The molecule has 1 aliphatic rings. The van der Waals surface area contributed by atoms with E-state index in [4.69, 9.17) is 4.74 Å². The number of rotatable bonds is 6. The van der Waals surface area contributed by atoms with Crippen LogP contribution in [0.15, 0.2) is 84.0 Å². The molecule has 3 aromatic carbocycles. The molecular formula is C27H25N5O3S. The van der Waals surface area contributed by atoms with Crippen molar-refractivity contribution < 1.29 is 14.3 Å². The van der Waals surface area contributed by atoms with Crippen molar-refractivity contribution in [3.63, 3.8) is 0 Å². The van der Waals surface area contributed by atoms with Crippen LogP contribution in [0.4, 0.5) is 5.69 Å². The van der Waals surface area contributed by atoms with Crippen molar-refractivity contribution in [3.05, 3.63) is 95.6 Å². The normalized spacial score (nSPS) is 16.5. The van der Waals surface area contributed by atoms with Crippen LogP contribution in [0.25, 0.3) is 11.4 Å². The number of carbonyl (C=O) groups is 2. The first-order valence-corrected chi connectivity index (χ1v) is 12.5. The predicted octanol–water partition coefficient (Wildman–Crippen LogP) is 4.69. The van der Waals surface area contributed by atoms with Gasteiger partial charge in [0.25, 0.3) is 0 Å². The van der Waals surface area contributed by atoms with Crippen LogP contribution in [0.5, 0.6) is 0 Å². The van der Waals surface area contributed by atoms with Crippen LogP contribution in [0, 0.1) is 0 Å². The summed E-state index contributed by atoms with van der Waals surface area (Å²) in [6.07, 6.45) is 0.805. The molecule has 2 unspecified atom stereocenters. The van der Waals surface area contributed by atoms with Gasteiger partial charge in [0.15, 0.2) is 5.82 Å². The second-order valence-corrected chi connectivity index (χ2v) is 9.38. The summed E-state index contributed by atoms with van der Waals surface area (Å²) in [4.78, 5) is 25.6. The van der Waals surface area contributed by atoms with E-state index in [2.05, 4.69) is 27.9 Å². The summed E-state index contributed by atoms with van der Waals surface area (Å²) in [7, 11) is 1.35. The molecule has 5 rings (SSSR count). The lowest BCUT2D eigenvalue weighted by Gasteiger charge is -2.33. The Morgan fingerprint density at radius 1 is 1.00 bits per heavy atom. The fourth-order valence-electron chi connectivity index (χ4n) is 4.18. The minimum atomic E-state index is -0.542. The smallest absolute Gasteiger partial charge is 0.337 e. The zero-order valence-corrected chi connectivity index (χ0v) is 20.7. The van der Waals surface area contributed by atoms with Gasteiger partial charge in [-0.05, 0) is 35.7 Å². The van der Waals surface area contributed by atoms with Crippen LogP contribution in [-0.2, 0) is 16.0 Å². The summed E-state index contributed by atoms with van der Waals surface area (Å²) < 4.78 is 6.65. The first-order valence-electron chi connectivity index (χ1n) is 11.6. The number of para-hydroxylation sites is 1. The number of hydrogen-bond donors (Lipinski definition) is 2. The lowest BCUT2D eigenvalue weighted by atomic mass is 10.0. The van der Waals surface area contributed by atoms with Crippen molar-refractivity contribution in [2.45, 2.75) is 29.8 Å². The van der Waals surface area contributed by atoms with Gasteiger partial charge in [-0.25, -0.2) is 9.47 Å². The van der Waals surface area contributed by atoms with Gasteiger partial charge in [-0.1, -0.05) is 79.3 Å². The Labute approximate surface area is 213 Å². The fraction of sp³-hybridized carbons (Fsp3) is 0.185. The molecular weight excluding hydrogens is 474 g/mol. The van der Waals surface area contributed by atoms with E-state index in [-0.39, 0.29) is 5.91 Å². The molecule has 2 atom stereocenters. The van der Waals surface area contributed by atoms with Crippen LogP contribution >= 0.6 is 11.8 Å². The maximum atomic E-state index is 13.6. The second kappa shape index (κ2) is 10.2. The summed E-state index contributed by atoms with van der Waals surface area (Å²) in [6.45, 7) is 2.06. The number of aromatic nitrogens is 3. The van der Waals surface area contributed by atoms with Gasteiger partial charge in [-0.2, -0.15) is 0 Å². The fourth-order valence-corrected chi connectivity index (χ4v) is 5.26. The van der Waals surface area contributed by atoms with Gasteiger partial charge >= 0.3 is 5.97 Å². The van der Waals surface area contributed by atoms with Crippen molar-refractivity contribution in [1.29, 1.82) is 0 Å². The van der Waals surface area contributed by atoms with Crippen LogP contribution in [-0.4, -0.2) is 39.1 Å². The molecule has 8 nitrogen and oxygen atoms in total. The number of ether oxygens (including phenoxy) is 1. The van der Waals surface area contributed by atoms with Crippen molar-refractivity contribution in [2.24, 2.45) is 0 Å². The standard InChI is InChI=1S/C27H25N5O3S/c1-3-17-9-7-8-12-21(17)28-25(33)23-22(18-13-15-20(16-14-18)26(34)35-2)31-32-24(29-30-27(32)36-23)19-10-5-4-6-11-19/h4-16,22-23,31H,3H2,1-2H3,(H,28,33). The number of nitrogens with one attached hydrogen (secondary N) is 2. The summed E-state index contributed by atoms with van der Waals surface area (Å²) >= 11 is 1.35. The van der Waals surface area contributed by atoms with Gasteiger partial charge in [0.2, 0.25) is 11.1 Å². The zero-order chi connectivity index (χ0) is 25.1. The number of amides is 1. The molecule has 0 fully saturated rings. The van der Waals surface area contributed by atoms with E-state index in [0.717, 1.165) is 28.8 Å². The van der Waals surface area contributed by atoms with Crippen LogP contribution in [0.1, 0.15) is 34.5 Å². The van der Waals surface area contributed by atoms with Crippen LogP contribution in [0.2, 0.25) is 0 Å². The molecule has 2 heterocycles. The molecule has 9 heteroatoms. The van der Waals surface area contributed by atoms with Crippen molar-refractivity contribution >= 4 is 29.3 Å². The highest BCUT2D eigenvalue weighted by atomic mass is 32.2. The SMILES string of the molecule is CCc1ccccc1NC(=O)C1Sc2nnc(-c3ccccc3)n2NC1c1ccc(C(=O)OC)cc1. The minimum Gasteiger partial charge on any atom is -0.465 e. The molecule has 0 radical (unpaired) electrons. The Morgan fingerprint density at radius 3 is 2.44 bits per heavy atom. The molecule has 36 heavy (non-hydrogen) atoms. The van der Waals surface area contributed by atoms with Gasteiger partial charge in [-0.15, -0.1) is 10.2 Å². The van der Waals surface area contributed by atoms with E-state index in [0.29, 0.717) is 16.5 Å². The molecule has 0 saturated carbocycles. The van der Waals surface area contributed by atoms with Crippen LogP contribution < -0.4 is 10.7 Å². The summed E-state index contributed by atoms with van der Waals surface area (Å²) in [5, 5.41) is 11.9. The number of anilines is 1. The molecule has 0 aliphatic carbocycles. The Balaban J connectivity index is 1.51. The molecule has 4 aromatic rings. The number of fused-ring (bicyclic) bond motifs is 1. The van der Waals surface area contributed by atoms with Crippen molar-refractivity contribution in [1.82, 2.24) is 14.9 Å². The molecule has 1 aromatic heterocycles. The molecule has 2 N–H and O–H groups in total. The first kappa shape index (κ1) is 23.6. The van der Waals surface area contributed by atoms with Crippen molar-refractivity contribution in [2.75, 3.05) is 17.9 Å². The number of methoxy groups -OCH3 is 1. The average molecular weight is 500 g/mol. The first-order chi connectivity index (χ1) is 17.6. The molecule has 0 spiro atoms. The number of aryl methyl sites for hydroxylation is 1. The topological polar surface area (TPSA) is 98.1 Å². The van der Waals surface area contributed by atoms with Gasteiger partial charge in [0, 0.05) is 11.3 Å².